The van der Waals surface area contributed by atoms with Crippen LogP contribution in [0, 0.1) is 19.3 Å². The lowest BCUT2D eigenvalue weighted by atomic mass is 9.76. The lowest BCUT2D eigenvalue weighted by molar-refractivity contribution is -0.150. The Hall–Kier alpha value is -1.10. The van der Waals surface area contributed by atoms with Crippen molar-refractivity contribution in [3.8, 4) is 5.75 Å². The van der Waals surface area contributed by atoms with Gasteiger partial charge in [0.25, 0.3) is 0 Å². The van der Waals surface area contributed by atoms with Gasteiger partial charge in [-0.2, -0.15) is 0 Å². The van der Waals surface area contributed by atoms with Crippen LogP contribution in [0.2, 0.25) is 0 Å². The molecule has 0 aromatic heterocycles. The maximum atomic E-state index is 10.9. The van der Waals surface area contributed by atoms with Crippen molar-refractivity contribution in [2.75, 3.05) is 26.3 Å². The highest BCUT2D eigenvalue weighted by Crippen LogP contribution is 2.48. The van der Waals surface area contributed by atoms with Gasteiger partial charge in [-0.05, 0) is 31.0 Å². The fourth-order valence-corrected chi connectivity index (χ4v) is 3.52. The first-order valence-electron chi connectivity index (χ1n) is 7.69. The van der Waals surface area contributed by atoms with Crippen LogP contribution in [-0.2, 0) is 4.74 Å². The van der Waals surface area contributed by atoms with Crippen LogP contribution in [0.1, 0.15) is 36.6 Å². The summed E-state index contributed by atoms with van der Waals surface area (Å²) in [6, 6.07) is 4.14. The van der Waals surface area contributed by atoms with Crippen LogP contribution in [-0.4, -0.2) is 42.5 Å². The van der Waals surface area contributed by atoms with Gasteiger partial charge >= 0.3 is 0 Å². The van der Waals surface area contributed by atoms with Crippen molar-refractivity contribution < 1.29 is 14.6 Å². The Morgan fingerprint density at radius 3 is 2.52 bits per heavy atom. The van der Waals surface area contributed by atoms with Gasteiger partial charge in [-0.25, -0.2) is 0 Å². The molecule has 0 bridgehead atoms. The first kappa shape index (κ1) is 14.8. The SMILES string of the molecule is Cc1cc(C)c2c(c1)OC(N1CCOCC1)C(C)(C)C2O. The fourth-order valence-electron chi connectivity index (χ4n) is 3.52. The van der Waals surface area contributed by atoms with E-state index in [9.17, 15) is 5.11 Å². The molecule has 1 saturated heterocycles. The van der Waals surface area contributed by atoms with Crippen LogP contribution >= 0.6 is 0 Å². The van der Waals surface area contributed by atoms with Crippen molar-refractivity contribution in [2.24, 2.45) is 5.41 Å². The number of hydrogen-bond acceptors (Lipinski definition) is 4. The summed E-state index contributed by atoms with van der Waals surface area (Å²) in [7, 11) is 0. The number of rotatable bonds is 1. The Morgan fingerprint density at radius 2 is 1.86 bits per heavy atom. The summed E-state index contributed by atoms with van der Waals surface area (Å²) < 4.78 is 11.8. The predicted molar refractivity (Wildman–Crippen MR) is 81.5 cm³/mol. The molecule has 4 nitrogen and oxygen atoms in total. The molecule has 2 aliphatic rings. The molecule has 3 rings (SSSR count). The van der Waals surface area contributed by atoms with Gasteiger partial charge in [0.15, 0.2) is 6.23 Å². The molecule has 2 heterocycles. The van der Waals surface area contributed by atoms with E-state index in [0.717, 1.165) is 43.2 Å². The van der Waals surface area contributed by atoms with E-state index in [1.165, 1.54) is 5.56 Å². The molecular formula is C17H25NO3. The van der Waals surface area contributed by atoms with E-state index in [-0.39, 0.29) is 11.6 Å². The van der Waals surface area contributed by atoms with Crippen molar-refractivity contribution in [1.29, 1.82) is 0 Å². The standard InChI is InChI=1S/C17H25NO3/c1-11-9-12(2)14-13(10-11)21-16(17(3,4)15(14)19)18-5-7-20-8-6-18/h9-10,15-16,19H,5-8H2,1-4H3. The third-order valence-electron chi connectivity index (χ3n) is 4.72. The summed E-state index contributed by atoms with van der Waals surface area (Å²) in [4.78, 5) is 2.29. The summed E-state index contributed by atoms with van der Waals surface area (Å²) >= 11 is 0. The quantitative estimate of drug-likeness (QED) is 0.863. The molecular weight excluding hydrogens is 266 g/mol. The average Bonchev–Trinajstić information content (AvgIpc) is 2.43. The summed E-state index contributed by atoms with van der Waals surface area (Å²) in [5, 5.41) is 10.9. The van der Waals surface area contributed by atoms with Gasteiger partial charge in [-0.15, -0.1) is 0 Å². The van der Waals surface area contributed by atoms with Crippen molar-refractivity contribution in [3.63, 3.8) is 0 Å². The average molecular weight is 291 g/mol. The lowest BCUT2D eigenvalue weighted by Crippen LogP contribution is -2.56. The van der Waals surface area contributed by atoms with Gasteiger partial charge < -0.3 is 14.6 Å². The van der Waals surface area contributed by atoms with Gasteiger partial charge in [0, 0.05) is 24.1 Å². The third-order valence-corrected chi connectivity index (χ3v) is 4.72. The molecule has 2 unspecified atom stereocenters. The number of ether oxygens (including phenoxy) is 2. The number of nitrogens with zero attached hydrogens (tertiary/aromatic N) is 1. The number of hydrogen-bond donors (Lipinski definition) is 1. The molecule has 116 valence electrons. The van der Waals surface area contributed by atoms with Gasteiger partial charge in [-0.3, -0.25) is 4.90 Å². The van der Waals surface area contributed by atoms with E-state index in [1.807, 2.05) is 13.0 Å². The Kier molecular flexibility index (Phi) is 3.72. The van der Waals surface area contributed by atoms with Gasteiger partial charge in [-0.1, -0.05) is 19.9 Å². The smallest absolute Gasteiger partial charge is 0.160 e. The zero-order valence-corrected chi connectivity index (χ0v) is 13.3. The molecule has 2 atom stereocenters. The lowest BCUT2D eigenvalue weighted by Gasteiger charge is -2.49. The zero-order chi connectivity index (χ0) is 15.2. The number of aryl methyl sites for hydroxylation is 2. The molecule has 1 aromatic rings. The minimum Gasteiger partial charge on any atom is -0.474 e. The zero-order valence-electron chi connectivity index (χ0n) is 13.3. The van der Waals surface area contributed by atoms with E-state index >= 15 is 0 Å². The summed E-state index contributed by atoms with van der Waals surface area (Å²) in [6.45, 7) is 11.4. The Balaban J connectivity index is 2.00. The number of fused-ring (bicyclic) bond motifs is 1. The van der Waals surface area contributed by atoms with Crippen LogP contribution in [0.4, 0.5) is 0 Å². The highest BCUT2D eigenvalue weighted by Gasteiger charge is 2.47. The van der Waals surface area contributed by atoms with Crippen molar-refractivity contribution in [1.82, 2.24) is 4.90 Å². The highest BCUT2D eigenvalue weighted by atomic mass is 16.5. The highest BCUT2D eigenvalue weighted by molar-refractivity contribution is 5.46. The first-order valence-corrected chi connectivity index (χ1v) is 7.69. The predicted octanol–water partition coefficient (Wildman–Crippen LogP) is 2.41. The van der Waals surface area contributed by atoms with Crippen LogP contribution in [0.3, 0.4) is 0 Å². The molecule has 1 N–H and O–H groups in total. The molecule has 2 aliphatic heterocycles. The number of benzene rings is 1. The Morgan fingerprint density at radius 1 is 1.19 bits per heavy atom. The second-order valence-electron chi connectivity index (χ2n) is 6.84. The summed E-state index contributed by atoms with van der Waals surface area (Å²) in [5.74, 6) is 0.829. The molecule has 0 spiro atoms. The second-order valence-corrected chi connectivity index (χ2v) is 6.84. The molecule has 0 radical (unpaired) electrons. The van der Waals surface area contributed by atoms with Crippen molar-refractivity contribution >= 4 is 0 Å². The Bertz CT molecular complexity index is 535. The summed E-state index contributed by atoms with van der Waals surface area (Å²) in [6.07, 6.45) is -0.639. The minimum atomic E-state index is -0.519. The van der Waals surface area contributed by atoms with E-state index < -0.39 is 6.10 Å². The van der Waals surface area contributed by atoms with E-state index in [1.54, 1.807) is 0 Å². The van der Waals surface area contributed by atoms with E-state index in [0.29, 0.717) is 0 Å². The van der Waals surface area contributed by atoms with E-state index in [2.05, 4.69) is 31.7 Å². The van der Waals surface area contributed by atoms with Crippen LogP contribution in [0.5, 0.6) is 5.75 Å². The largest absolute Gasteiger partial charge is 0.474 e. The number of morpholine rings is 1. The maximum Gasteiger partial charge on any atom is 0.160 e. The first-order chi connectivity index (χ1) is 9.91. The van der Waals surface area contributed by atoms with Gasteiger partial charge in [0.2, 0.25) is 0 Å². The Labute approximate surface area is 126 Å². The topological polar surface area (TPSA) is 41.9 Å². The summed E-state index contributed by atoms with van der Waals surface area (Å²) in [5.41, 5.74) is 2.85. The minimum absolute atomic E-state index is 0.120. The maximum absolute atomic E-state index is 10.9. The molecule has 0 amide bonds. The molecule has 21 heavy (non-hydrogen) atoms. The molecule has 0 saturated carbocycles. The molecule has 1 fully saturated rings. The van der Waals surface area contributed by atoms with Crippen LogP contribution in [0.15, 0.2) is 12.1 Å². The second kappa shape index (κ2) is 5.27. The van der Waals surface area contributed by atoms with Gasteiger partial charge in [0.05, 0.1) is 19.3 Å². The normalized spacial score (nSPS) is 28.8. The van der Waals surface area contributed by atoms with E-state index in [4.69, 9.17) is 9.47 Å². The van der Waals surface area contributed by atoms with Crippen LogP contribution < -0.4 is 4.74 Å². The van der Waals surface area contributed by atoms with Crippen molar-refractivity contribution in [2.45, 2.75) is 40.0 Å². The number of aliphatic hydroxyl groups excluding tert-OH is 1. The van der Waals surface area contributed by atoms with Gasteiger partial charge in [0.1, 0.15) is 5.75 Å². The molecule has 4 heteroatoms. The van der Waals surface area contributed by atoms with Crippen molar-refractivity contribution in [3.05, 3.63) is 28.8 Å². The third kappa shape index (κ3) is 2.45. The van der Waals surface area contributed by atoms with Crippen LogP contribution in [0.25, 0.3) is 0 Å². The monoisotopic (exact) mass is 291 g/mol. The molecule has 1 aromatic carbocycles. The fraction of sp³-hybridized carbons (Fsp3) is 0.647. The number of aliphatic hydroxyl groups is 1. The molecule has 0 aliphatic carbocycles.